The van der Waals surface area contributed by atoms with E-state index in [1.165, 1.54) is 25.8 Å². The Hall–Kier alpha value is -1.30. The molecule has 1 unspecified atom stereocenters. The number of ether oxygens (including phenoxy) is 1. The lowest BCUT2D eigenvalue weighted by atomic mass is 10.0. The van der Waals surface area contributed by atoms with Crippen LogP contribution in [-0.2, 0) is 9.53 Å². The smallest absolute Gasteiger partial charge is 0.329 e. The minimum atomic E-state index is -1.24. The number of carboxylic acid groups (broad SMARTS) is 1. The molecule has 2 amide bonds. The molecule has 0 fully saturated rings. The van der Waals surface area contributed by atoms with Crippen LogP contribution in [-0.4, -0.2) is 54.4 Å². The first-order chi connectivity index (χ1) is 8.27. The first-order valence-corrected chi connectivity index (χ1v) is 6.04. The van der Waals surface area contributed by atoms with Crippen molar-refractivity contribution in [3.63, 3.8) is 0 Å². The number of carbonyl (C=O) groups is 2. The van der Waals surface area contributed by atoms with Crippen LogP contribution < -0.4 is 5.32 Å². The molecule has 0 saturated carbocycles. The minimum Gasteiger partial charge on any atom is -0.480 e. The number of aliphatic carboxylic acids is 1. The summed E-state index contributed by atoms with van der Waals surface area (Å²) in [6, 6.07) is -0.502. The molecular weight excluding hydrogens is 236 g/mol. The van der Waals surface area contributed by atoms with Gasteiger partial charge in [0.05, 0.1) is 12.6 Å². The number of urea groups is 1. The summed E-state index contributed by atoms with van der Waals surface area (Å²) >= 11 is 0. The van der Waals surface area contributed by atoms with E-state index in [1.54, 1.807) is 7.11 Å². The van der Waals surface area contributed by atoms with Crippen molar-refractivity contribution in [3.8, 4) is 0 Å². The number of carboxylic acids is 1. The Morgan fingerprint density at radius 1 is 1.44 bits per heavy atom. The molecule has 106 valence electrons. The summed E-state index contributed by atoms with van der Waals surface area (Å²) in [5.74, 6) is -1.04. The lowest BCUT2D eigenvalue weighted by Gasteiger charge is -2.33. The molecule has 0 aliphatic carbocycles. The third kappa shape index (κ3) is 4.52. The zero-order chi connectivity index (χ0) is 14.3. The molecule has 2 N–H and O–H groups in total. The third-order valence-electron chi connectivity index (χ3n) is 3.00. The maximum atomic E-state index is 12.0. The second kappa shape index (κ2) is 7.20. The zero-order valence-electron chi connectivity index (χ0n) is 11.8. The number of hydrogen-bond donors (Lipinski definition) is 2. The van der Waals surface area contributed by atoms with Crippen molar-refractivity contribution in [3.05, 3.63) is 0 Å². The van der Waals surface area contributed by atoms with E-state index in [4.69, 9.17) is 9.84 Å². The Bertz CT molecular complexity index is 286. The summed E-state index contributed by atoms with van der Waals surface area (Å²) in [6.45, 7) is 5.40. The predicted octanol–water partition coefficient (Wildman–Crippen LogP) is 1.31. The highest BCUT2D eigenvalue weighted by Gasteiger charge is 2.35. The van der Waals surface area contributed by atoms with Crippen molar-refractivity contribution in [2.24, 2.45) is 0 Å². The topological polar surface area (TPSA) is 78.9 Å². The number of hydrogen-bond acceptors (Lipinski definition) is 3. The van der Waals surface area contributed by atoms with Crippen molar-refractivity contribution in [2.45, 2.75) is 45.2 Å². The molecule has 0 aliphatic rings. The molecule has 0 rings (SSSR count). The average Bonchev–Trinajstić information content (AvgIpc) is 2.28. The third-order valence-corrected chi connectivity index (χ3v) is 3.00. The monoisotopic (exact) mass is 260 g/mol. The Kier molecular flexibility index (Phi) is 6.68. The zero-order valence-corrected chi connectivity index (χ0v) is 11.8. The predicted molar refractivity (Wildman–Crippen MR) is 68.6 cm³/mol. The van der Waals surface area contributed by atoms with E-state index in [1.807, 2.05) is 6.92 Å². The van der Waals surface area contributed by atoms with Gasteiger partial charge in [0.25, 0.3) is 0 Å². The molecule has 0 spiro atoms. The molecule has 18 heavy (non-hydrogen) atoms. The SMILES string of the molecule is CCCC(COC)NC(=O)N(C)C(C)(C)C(=O)O. The molecule has 6 nitrogen and oxygen atoms in total. The highest BCUT2D eigenvalue weighted by atomic mass is 16.5. The van der Waals surface area contributed by atoms with Gasteiger partial charge in [-0.05, 0) is 20.3 Å². The fourth-order valence-electron chi connectivity index (χ4n) is 1.42. The number of carbonyl (C=O) groups excluding carboxylic acids is 1. The van der Waals surface area contributed by atoms with Crippen molar-refractivity contribution in [2.75, 3.05) is 20.8 Å². The van der Waals surface area contributed by atoms with Crippen LogP contribution in [0.2, 0.25) is 0 Å². The molecule has 1 atom stereocenters. The molecule has 0 heterocycles. The minimum absolute atomic E-state index is 0.0976. The molecule has 0 aromatic carbocycles. The molecule has 0 saturated heterocycles. The van der Waals surface area contributed by atoms with Crippen molar-refractivity contribution < 1.29 is 19.4 Å². The Morgan fingerprint density at radius 3 is 2.39 bits per heavy atom. The summed E-state index contributed by atoms with van der Waals surface area (Å²) in [5.41, 5.74) is -1.24. The standard InChI is InChI=1S/C12H24N2O4/c1-6-7-9(8-18-5)13-11(17)14(4)12(2,3)10(15)16/h9H,6-8H2,1-5H3,(H,13,17)(H,15,16). The molecule has 0 radical (unpaired) electrons. The van der Waals surface area contributed by atoms with Gasteiger partial charge in [-0.1, -0.05) is 13.3 Å². The van der Waals surface area contributed by atoms with Gasteiger partial charge in [-0.25, -0.2) is 9.59 Å². The van der Waals surface area contributed by atoms with Gasteiger partial charge in [0, 0.05) is 14.2 Å². The van der Waals surface area contributed by atoms with Gasteiger partial charge in [0.2, 0.25) is 0 Å². The molecular formula is C12H24N2O4. The quantitative estimate of drug-likeness (QED) is 0.723. The van der Waals surface area contributed by atoms with Gasteiger partial charge in [-0.2, -0.15) is 0 Å². The summed E-state index contributed by atoms with van der Waals surface area (Å²) in [7, 11) is 3.04. The molecule has 0 aliphatic heterocycles. The second-order valence-electron chi connectivity index (χ2n) is 4.81. The van der Waals surface area contributed by atoms with Crippen LogP contribution in [0.3, 0.4) is 0 Å². The van der Waals surface area contributed by atoms with Gasteiger partial charge >= 0.3 is 12.0 Å². The van der Waals surface area contributed by atoms with Gasteiger partial charge < -0.3 is 20.1 Å². The van der Waals surface area contributed by atoms with Crippen LogP contribution in [0, 0.1) is 0 Å². The van der Waals surface area contributed by atoms with E-state index >= 15 is 0 Å². The van der Waals surface area contributed by atoms with Crippen molar-refractivity contribution in [1.29, 1.82) is 0 Å². The van der Waals surface area contributed by atoms with Crippen molar-refractivity contribution >= 4 is 12.0 Å². The Morgan fingerprint density at radius 2 is 2.00 bits per heavy atom. The van der Waals surface area contributed by atoms with Crippen LogP contribution >= 0.6 is 0 Å². The lowest BCUT2D eigenvalue weighted by Crippen LogP contribution is -2.56. The number of likely N-dealkylation sites (N-methyl/N-ethyl adjacent to an activating group) is 1. The Labute approximate surface area is 108 Å². The summed E-state index contributed by atoms with van der Waals surface area (Å²) < 4.78 is 5.02. The maximum absolute atomic E-state index is 12.0. The summed E-state index contributed by atoms with van der Waals surface area (Å²) in [6.07, 6.45) is 1.71. The average molecular weight is 260 g/mol. The van der Waals surface area contributed by atoms with Gasteiger partial charge in [-0.3, -0.25) is 0 Å². The fraction of sp³-hybridized carbons (Fsp3) is 0.833. The number of nitrogens with one attached hydrogen (secondary N) is 1. The largest absolute Gasteiger partial charge is 0.480 e. The van der Waals surface area contributed by atoms with Crippen LogP contribution in [0.4, 0.5) is 4.79 Å². The molecule has 0 aromatic heterocycles. The fourth-order valence-corrected chi connectivity index (χ4v) is 1.42. The van der Waals surface area contributed by atoms with Gasteiger partial charge in [-0.15, -0.1) is 0 Å². The lowest BCUT2D eigenvalue weighted by molar-refractivity contribution is -0.146. The maximum Gasteiger partial charge on any atom is 0.329 e. The first kappa shape index (κ1) is 16.7. The van der Waals surface area contributed by atoms with E-state index in [0.717, 1.165) is 12.8 Å². The molecule has 0 aromatic rings. The van der Waals surface area contributed by atoms with Gasteiger partial charge in [0.15, 0.2) is 0 Å². The van der Waals surface area contributed by atoms with Crippen LogP contribution in [0.1, 0.15) is 33.6 Å². The molecule has 6 heteroatoms. The van der Waals surface area contributed by atoms with Crippen LogP contribution in [0.25, 0.3) is 0 Å². The van der Waals surface area contributed by atoms with E-state index in [0.29, 0.717) is 6.61 Å². The number of amides is 2. The highest BCUT2D eigenvalue weighted by molar-refractivity contribution is 5.85. The highest BCUT2D eigenvalue weighted by Crippen LogP contribution is 2.13. The van der Waals surface area contributed by atoms with Crippen molar-refractivity contribution in [1.82, 2.24) is 10.2 Å². The van der Waals surface area contributed by atoms with Crippen LogP contribution in [0.15, 0.2) is 0 Å². The van der Waals surface area contributed by atoms with E-state index in [-0.39, 0.29) is 6.04 Å². The summed E-state index contributed by atoms with van der Waals surface area (Å²) in [4.78, 5) is 24.2. The first-order valence-electron chi connectivity index (χ1n) is 6.04. The summed E-state index contributed by atoms with van der Waals surface area (Å²) in [5, 5.41) is 11.8. The number of methoxy groups -OCH3 is 1. The molecule has 0 bridgehead atoms. The van der Waals surface area contributed by atoms with E-state index in [2.05, 4.69) is 5.32 Å². The van der Waals surface area contributed by atoms with Crippen LogP contribution in [0.5, 0.6) is 0 Å². The number of nitrogens with zero attached hydrogens (tertiary/aromatic N) is 1. The van der Waals surface area contributed by atoms with E-state index < -0.39 is 17.5 Å². The van der Waals surface area contributed by atoms with Gasteiger partial charge in [0.1, 0.15) is 5.54 Å². The number of rotatable bonds is 7. The normalized spacial score (nSPS) is 12.9. The second-order valence-corrected chi connectivity index (χ2v) is 4.81. The van der Waals surface area contributed by atoms with E-state index in [9.17, 15) is 9.59 Å². The Balaban J connectivity index is 4.59.